The molecule has 1 fully saturated rings. The molecule has 1 aromatic carbocycles. The number of nitrogens with one attached hydrogen (secondary N) is 1. The molecule has 0 amide bonds. The van der Waals surface area contributed by atoms with Crippen LogP contribution in [0.3, 0.4) is 0 Å². The maximum Gasteiger partial charge on any atom is 0.387 e. The van der Waals surface area contributed by atoms with E-state index in [1.54, 1.807) is 13.0 Å². The zero-order valence-electron chi connectivity index (χ0n) is 9.39. The summed E-state index contributed by atoms with van der Waals surface area (Å²) in [5.41, 5.74) is 1.74. The van der Waals surface area contributed by atoms with Crippen molar-refractivity contribution in [3.63, 3.8) is 0 Å². The van der Waals surface area contributed by atoms with E-state index in [0.29, 0.717) is 0 Å². The molecule has 4 heteroatoms. The molecule has 0 unspecified atom stereocenters. The summed E-state index contributed by atoms with van der Waals surface area (Å²) >= 11 is 0. The number of aryl methyl sites for hydroxylation is 1. The molecule has 0 spiro atoms. The average Bonchev–Trinajstić information content (AvgIpc) is 3.01. The van der Waals surface area contributed by atoms with Crippen molar-refractivity contribution in [3.8, 4) is 5.75 Å². The molecule has 1 N–H and O–H groups in total. The number of benzene rings is 1. The summed E-state index contributed by atoms with van der Waals surface area (Å²) in [5.74, 6) is 0.272. The fourth-order valence-electron chi connectivity index (χ4n) is 1.93. The van der Waals surface area contributed by atoms with E-state index in [9.17, 15) is 8.78 Å². The number of alkyl halides is 2. The Morgan fingerprint density at radius 1 is 1.38 bits per heavy atom. The van der Waals surface area contributed by atoms with E-state index in [2.05, 4.69) is 10.1 Å². The molecule has 16 heavy (non-hydrogen) atoms. The molecule has 0 bridgehead atoms. The third-order valence-corrected chi connectivity index (χ3v) is 3.19. The van der Waals surface area contributed by atoms with Gasteiger partial charge in [0.2, 0.25) is 0 Å². The van der Waals surface area contributed by atoms with E-state index >= 15 is 0 Å². The van der Waals surface area contributed by atoms with Crippen LogP contribution in [-0.4, -0.2) is 13.7 Å². The Kier molecular flexibility index (Phi) is 2.84. The molecule has 0 radical (unpaired) electrons. The fraction of sp³-hybridized carbons (Fsp3) is 0.500. The molecule has 0 atom stereocenters. The van der Waals surface area contributed by atoms with Crippen molar-refractivity contribution in [3.05, 3.63) is 29.3 Å². The van der Waals surface area contributed by atoms with Crippen LogP contribution in [0.4, 0.5) is 8.78 Å². The summed E-state index contributed by atoms with van der Waals surface area (Å²) in [4.78, 5) is 0. The minimum Gasteiger partial charge on any atom is -0.435 e. The van der Waals surface area contributed by atoms with Crippen LogP contribution < -0.4 is 10.1 Å². The second-order valence-corrected chi connectivity index (χ2v) is 4.19. The second-order valence-electron chi connectivity index (χ2n) is 4.19. The summed E-state index contributed by atoms with van der Waals surface area (Å²) in [5, 5.41) is 3.23. The average molecular weight is 227 g/mol. The molecule has 0 heterocycles. The maximum absolute atomic E-state index is 12.2. The molecular formula is C12H15F2NO. The Balaban J connectivity index is 2.28. The Labute approximate surface area is 93.6 Å². The minimum atomic E-state index is -2.77. The minimum absolute atomic E-state index is 0.0199. The van der Waals surface area contributed by atoms with E-state index in [4.69, 9.17) is 0 Å². The first-order valence-electron chi connectivity index (χ1n) is 5.32. The summed E-state index contributed by atoms with van der Waals surface area (Å²) in [6.07, 6.45) is 2.08. The summed E-state index contributed by atoms with van der Waals surface area (Å²) in [6, 6.07) is 5.51. The molecule has 0 saturated heterocycles. The van der Waals surface area contributed by atoms with Crippen molar-refractivity contribution in [2.75, 3.05) is 7.05 Å². The largest absolute Gasteiger partial charge is 0.435 e. The van der Waals surface area contributed by atoms with Gasteiger partial charge in [0, 0.05) is 5.54 Å². The Bertz CT molecular complexity index is 389. The van der Waals surface area contributed by atoms with Gasteiger partial charge in [-0.2, -0.15) is 8.78 Å². The summed E-state index contributed by atoms with van der Waals surface area (Å²) in [7, 11) is 1.89. The highest BCUT2D eigenvalue weighted by atomic mass is 19.3. The lowest BCUT2D eigenvalue weighted by Gasteiger charge is -2.17. The van der Waals surface area contributed by atoms with Gasteiger partial charge in [-0.25, -0.2) is 0 Å². The van der Waals surface area contributed by atoms with Crippen molar-refractivity contribution in [1.29, 1.82) is 0 Å². The maximum atomic E-state index is 12.2. The van der Waals surface area contributed by atoms with E-state index in [1.807, 2.05) is 19.2 Å². The lowest BCUT2D eigenvalue weighted by Crippen LogP contribution is -2.24. The van der Waals surface area contributed by atoms with Gasteiger partial charge in [0.15, 0.2) is 0 Å². The van der Waals surface area contributed by atoms with Crippen LogP contribution in [0.2, 0.25) is 0 Å². The normalized spacial score (nSPS) is 17.6. The van der Waals surface area contributed by atoms with Gasteiger partial charge in [0.1, 0.15) is 5.75 Å². The molecule has 2 rings (SSSR count). The summed E-state index contributed by atoms with van der Waals surface area (Å²) < 4.78 is 28.9. The zero-order valence-corrected chi connectivity index (χ0v) is 9.39. The fourth-order valence-corrected chi connectivity index (χ4v) is 1.93. The Morgan fingerprint density at radius 2 is 2.06 bits per heavy atom. The highest BCUT2D eigenvalue weighted by Crippen LogP contribution is 2.46. The Hall–Kier alpha value is -1.16. The lowest BCUT2D eigenvalue weighted by atomic mass is 10.0. The molecule has 0 aromatic heterocycles. The van der Waals surface area contributed by atoms with Crippen molar-refractivity contribution >= 4 is 0 Å². The van der Waals surface area contributed by atoms with Crippen LogP contribution in [0.25, 0.3) is 0 Å². The van der Waals surface area contributed by atoms with Gasteiger partial charge in [-0.1, -0.05) is 12.1 Å². The highest BCUT2D eigenvalue weighted by Gasteiger charge is 2.42. The van der Waals surface area contributed by atoms with Gasteiger partial charge in [-0.15, -0.1) is 0 Å². The van der Waals surface area contributed by atoms with Gasteiger partial charge in [-0.3, -0.25) is 0 Å². The molecule has 1 aliphatic rings. The molecule has 1 aliphatic carbocycles. The van der Waals surface area contributed by atoms with E-state index in [0.717, 1.165) is 24.0 Å². The van der Waals surface area contributed by atoms with E-state index in [-0.39, 0.29) is 11.3 Å². The Morgan fingerprint density at radius 3 is 2.56 bits per heavy atom. The number of ether oxygens (including phenoxy) is 1. The van der Waals surface area contributed by atoms with Crippen molar-refractivity contribution in [1.82, 2.24) is 5.32 Å². The first kappa shape index (κ1) is 11.3. The van der Waals surface area contributed by atoms with Gasteiger partial charge < -0.3 is 10.1 Å². The number of hydrogen-bond donors (Lipinski definition) is 1. The predicted molar refractivity (Wildman–Crippen MR) is 57.8 cm³/mol. The first-order chi connectivity index (χ1) is 7.57. The van der Waals surface area contributed by atoms with Crippen molar-refractivity contribution < 1.29 is 13.5 Å². The second kappa shape index (κ2) is 4.01. The van der Waals surface area contributed by atoms with Crippen LogP contribution in [-0.2, 0) is 5.54 Å². The van der Waals surface area contributed by atoms with Crippen LogP contribution in [0.1, 0.15) is 24.0 Å². The van der Waals surface area contributed by atoms with E-state index < -0.39 is 6.61 Å². The van der Waals surface area contributed by atoms with Gasteiger partial charge in [-0.05, 0) is 44.0 Å². The van der Waals surface area contributed by atoms with Gasteiger partial charge >= 0.3 is 6.61 Å². The van der Waals surface area contributed by atoms with Crippen LogP contribution in [0.15, 0.2) is 18.2 Å². The van der Waals surface area contributed by atoms with Crippen LogP contribution in [0.5, 0.6) is 5.75 Å². The van der Waals surface area contributed by atoms with E-state index in [1.165, 1.54) is 0 Å². The lowest BCUT2D eigenvalue weighted by molar-refractivity contribution is -0.0503. The van der Waals surface area contributed by atoms with Crippen molar-refractivity contribution in [2.24, 2.45) is 0 Å². The highest BCUT2D eigenvalue weighted by molar-refractivity contribution is 5.41. The smallest absolute Gasteiger partial charge is 0.387 e. The number of hydrogen-bond acceptors (Lipinski definition) is 2. The molecule has 0 aliphatic heterocycles. The quantitative estimate of drug-likeness (QED) is 0.854. The monoisotopic (exact) mass is 227 g/mol. The number of halogens is 2. The molecule has 1 aromatic rings. The third-order valence-electron chi connectivity index (χ3n) is 3.19. The van der Waals surface area contributed by atoms with Crippen LogP contribution >= 0.6 is 0 Å². The summed E-state index contributed by atoms with van der Waals surface area (Å²) in [6.45, 7) is -1.00. The zero-order chi connectivity index (χ0) is 11.8. The van der Waals surface area contributed by atoms with Crippen LogP contribution in [0, 0.1) is 6.92 Å². The molecule has 88 valence electrons. The predicted octanol–water partition coefficient (Wildman–Crippen LogP) is 2.80. The standard InChI is InChI=1S/C12H15F2NO/c1-8-3-4-9(12(15-2)5-6-12)7-10(8)16-11(13)14/h3-4,7,11,15H,5-6H2,1-2H3. The topological polar surface area (TPSA) is 21.3 Å². The SMILES string of the molecule is CNC1(c2ccc(C)c(OC(F)F)c2)CC1. The molecule has 1 saturated carbocycles. The van der Waals surface area contributed by atoms with Gasteiger partial charge in [0.05, 0.1) is 0 Å². The van der Waals surface area contributed by atoms with Gasteiger partial charge in [0.25, 0.3) is 0 Å². The first-order valence-corrected chi connectivity index (χ1v) is 5.32. The molecular weight excluding hydrogens is 212 g/mol. The third kappa shape index (κ3) is 2.02. The van der Waals surface area contributed by atoms with Crippen molar-refractivity contribution in [2.45, 2.75) is 31.9 Å². The molecule has 2 nitrogen and oxygen atoms in total. The number of rotatable bonds is 4.